The second-order valence-electron chi connectivity index (χ2n) is 20.5. The van der Waals surface area contributed by atoms with Gasteiger partial charge in [0.1, 0.15) is 13.2 Å². The van der Waals surface area contributed by atoms with Crippen molar-refractivity contribution in [2.75, 3.05) is 13.2 Å². The van der Waals surface area contributed by atoms with Gasteiger partial charge >= 0.3 is 17.9 Å². The van der Waals surface area contributed by atoms with Gasteiger partial charge in [-0.3, -0.25) is 14.4 Å². The topological polar surface area (TPSA) is 78.9 Å². The summed E-state index contributed by atoms with van der Waals surface area (Å²) in [5, 5.41) is 0. The molecule has 0 rings (SSSR count). The summed E-state index contributed by atoms with van der Waals surface area (Å²) in [6, 6.07) is 0. The highest BCUT2D eigenvalue weighted by Crippen LogP contribution is 2.16. The molecule has 0 radical (unpaired) electrons. The zero-order valence-electron chi connectivity index (χ0n) is 48.6. The first-order chi connectivity index (χ1) is 36.5. The van der Waals surface area contributed by atoms with Gasteiger partial charge in [-0.2, -0.15) is 0 Å². The zero-order valence-corrected chi connectivity index (χ0v) is 48.6. The van der Waals surface area contributed by atoms with Crippen molar-refractivity contribution < 1.29 is 28.6 Å². The molecule has 0 fully saturated rings. The molecule has 424 valence electrons. The number of rotatable bonds is 56. The highest BCUT2D eigenvalue weighted by Gasteiger charge is 2.19. The second-order valence-corrected chi connectivity index (χ2v) is 20.5. The molecule has 0 aromatic heterocycles. The monoisotopic (exact) mass is 1030 g/mol. The number of carbonyl (C=O) groups excluding carboxylic acids is 3. The molecule has 0 heterocycles. The van der Waals surface area contributed by atoms with Crippen LogP contribution in [0.15, 0.2) is 97.2 Å². The van der Waals surface area contributed by atoms with E-state index in [9.17, 15) is 14.4 Å². The van der Waals surface area contributed by atoms with Crippen LogP contribution in [0.2, 0.25) is 0 Å². The smallest absolute Gasteiger partial charge is 0.306 e. The maximum Gasteiger partial charge on any atom is 0.306 e. The van der Waals surface area contributed by atoms with Gasteiger partial charge in [-0.05, 0) is 116 Å². The molecular weight excluding hydrogens is 913 g/mol. The molecular formula is C68H116O6. The van der Waals surface area contributed by atoms with Crippen molar-refractivity contribution in [1.82, 2.24) is 0 Å². The van der Waals surface area contributed by atoms with Crippen LogP contribution in [0.25, 0.3) is 0 Å². The highest BCUT2D eigenvalue weighted by molar-refractivity contribution is 5.71. The van der Waals surface area contributed by atoms with Crippen molar-refractivity contribution in [3.8, 4) is 0 Å². The predicted octanol–water partition coefficient (Wildman–Crippen LogP) is 21.3. The molecule has 0 saturated heterocycles. The quantitative estimate of drug-likeness (QED) is 0.0261. The van der Waals surface area contributed by atoms with E-state index in [1.165, 1.54) is 135 Å². The third-order valence-corrected chi connectivity index (χ3v) is 13.3. The Morgan fingerprint density at radius 2 is 0.527 bits per heavy atom. The molecule has 0 aromatic rings. The number of esters is 3. The lowest BCUT2D eigenvalue weighted by Gasteiger charge is -2.18. The van der Waals surface area contributed by atoms with Gasteiger partial charge in [0.2, 0.25) is 0 Å². The number of unbranched alkanes of at least 4 members (excludes halogenated alkanes) is 29. The molecule has 1 unspecified atom stereocenters. The van der Waals surface area contributed by atoms with E-state index in [2.05, 4.69) is 118 Å². The molecule has 6 heteroatoms. The maximum absolute atomic E-state index is 12.9. The lowest BCUT2D eigenvalue weighted by Crippen LogP contribution is -2.30. The van der Waals surface area contributed by atoms with Crippen LogP contribution < -0.4 is 0 Å². The molecule has 0 aliphatic heterocycles. The average molecular weight is 1030 g/mol. The van der Waals surface area contributed by atoms with Crippen LogP contribution in [0.1, 0.15) is 297 Å². The summed E-state index contributed by atoms with van der Waals surface area (Å²) >= 11 is 0. The van der Waals surface area contributed by atoms with E-state index >= 15 is 0 Å². The predicted molar refractivity (Wildman–Crippen MR) is 320 cm³/mol. The molecule has 6 nitrogen and oxygen atoms in total. The van der Waals surface area contributed by atoms with Crippen LogP contribution in [-0.4, -0.2) is 37.2 Å². The van der Waals surface area contributed by atoms with Crippen LogP contribution in [0.3, 0.4) is 0 Å². The molecule has 0 saturated carbocycles. The van der Waals surface area contributed by atoms with Crippen molar-refractivity contribution in [3.63, 3.8) is 0 Å². The van der Waals surface area contributed by atoms with Crippen LogP contribution in [0, 0.1) is 0 Å². The van der Waals surface area contributed by atoms with Crippen molar-refractivity contribution in [2.45, 2.75) is 303 Å². The molecule has 0 spiro atoms. The normalized spacial score (nSPS) is 12.7. The number of allylic oxidation sites excluding steroid dienone is 16. The lowest BCUT2D eigenvalue weighted by molar-refractivity contribution is -0.167. The van der Waals surface area contributed by atoms with E-state index in [-0.39, 0.29) is 31.1 Å². The second kappa shape index (κ2) is 61.9. The van der Waals surface area contributed by atoms with E-state index < -0.39 is 6.10 Å². The standard InChI is InChI=1S/C68H116O6/c1-4-7-10-13-16-19-22-25-27-28-29-30-31-32-33-34-35-36-37-38-39-40-41-44-46-49-52-55-58-61-67(70)73-64-65(63-72-66(69)60-57-54-51-48-45-42-24-21-18-15-12-9-6-3)74-68(71)62-59-56-53-50-47-43-26-23-20-17-14-11-8-5-2/h7,9-10,12,16,18-19,21,23,25-27,29-30,42,45,65H,4-6,8,11,13-15,17,20,22,24,28,31-41,43-44,46-64H2,1-3H3/b10-7-,12-9-,19-16-,21-18-,26-23-,27-25-,30-29-,45-42-. The van der Waals surface area contributed by atoms with Crippen molar-refractivity contribution in [2.24, 2.45) is 0 Å². The summed E-state index contributed by atoms with van der Waals surface area (Å²) in [7, 11) is 0. The summed E-state index contributed by atoms with van der Waals surface area (Å²) in [6.07, 6.45) is 82.8. The molecule has 0 bridgehead atoms. The Bertz CT molecular complexity index is 1460. The van der Waals surface area contributed by atoms with Crippen LogP contribution in [0.4, 0.5) is 0 Å². The number of hydrogen-bond donors (Lipinski definition) is 0. The van der Waals surface area contributed by atoms with E-state index in [1.807, 2.05) is 0 Å². The minimum absolute atomic E-state index is 0.0885. The van der Waals surface area contributed by atoms with Gasteiger partial charge in [0.25, 0.3) is 0 Å². The fraction of sp³-hybridized carbons (Fsp3) is 0.721. The van der Waals surface area contributed by atoms with Gasteiger partial charge in [-0.15, -0.1) is 0 Å². The molecule has 0 aliphatic rings. The average Bonchev–Trinajstić information content (AvgIpc) is 3.40. The number of ether oxygens (including phenoxy) is 3. The molecule has 0 amide bonds. The highest BCUT2D eigenvalue weighted by atomic mass is 16.6. The summed E-state index contributed by atoms with van der Waals surface area (Å²) in [4.78, 5) is 38.2. The molecule has 74 heavy (non-hydrogen) atoms. The SMILES string of the molecule is CC/C=C\C/C=C\C/C=C\C/C=C\CCCCCCCCCCCCCCCCCCC(=O)OCC(COC(=O)CCCCC/C=C\C/C=C\C/C=C\CC)OC(=O)CCCCCCC/C=C\CCCCCCC. The van der Waals surface area contributed by atoms with E-state index in [4.69, 9.17) is 14.2 Å². The van der Waals surface area contributed by atoms with Crippen LogP contribution >= 0.6 is 0 Å². The van der Waals surface area contributed by atoms with Crippen LogP contribution in [-0.2, 0) is 28.6 Å². The fourth-order valence-electron chi connectivity index (χ4n) is 8.68. The fourth-order valence-corrected chi connectivity index (χ4v) is 8.68. The molecule has 0 aromatic carbocycles. The van der Waals surface area contributed by atoms with Gasteiger partial charge in [-0.25, -0.2) is 0 Å². The van der Waals surface area contributed by atoms with Crippen molar-refractivity contribution >= 4 is 17.9 Å². The molecule has 0 aliphatic carbocycles. The largest absolute Gasteiger partial charge is 0.462 e. The van der Waals surface area contributed by atoms with Gasteiger partial charge in [0.15, 0.2) is 6.10 Å². The Hall–Kier alpha value is -3.67. The van der Waals surface area contributed by atoms with E-state index in [1.54, 1.807) is 0 Å². The Labute approximate surface area is 457 Å². The van der Waals surface area contributed by atoms with E-state index in [0.717, 1.165) is 122 Å². The van der Waals surface area contributed by atoms with Crippen molar-refractivity contribution in [1.29, 1.82) is 0 Å². The molecule has 0 N–H and O–H groups in total. The van der Waals surface area contributed by atoms with Crippen LogP contribution in [0.5, 0.6) is 0 Å². The third kappa shape index (κ3) is 59.2. The summed E-state index contributed by atoms with van der Waals surface area (Å²) < 4.78 is 16.9. The summed E-state index contributed by atoms with van der Waals surface area (Å²) in [5.74, 6) is -0.920. The first-order valence-electron chi connectivity index (χ1n) is 31.2. The van der Waals surface area contributed by atoms with E-state index in [0.29, 0.717) is 19.3 Å². The first-order valence-corrected chi connectivity index (χ1v) is 31.2. The number of carbonyl (C=O) groups is 3. The van der Waals surface area contributed by atoms with Crippen molar-refractivity contribution in [3.05, 3.63) is 97.2 Å². The molecule has 1 atom stereocenters. The Morgan fingerprint density at radius 3 is 0.851 bits per heavy atom. The minimum Gasteiger partial charge on any atom is -0.462 e. The Morgan fingerprint density at radius 1 is 0.284 bits per heavy atom. The zero-order chi connectivity index (χ0) is 53.6. The third-order valence-electron chi connectivity index (χ3n) is 13.3. The lowest BCUT2D eigenvalue weighted by atomic mass is 10.0. The summed E-state index contributed by atoms with van der Waals surface area (Å²) in [6.45, 7) is 6.39. The van der Waals surface area contributed by atoms with Gasteiger partial charge in [-0.1, -0.05) is 259 Å². The van der Waals surface area contributed by atoms with Gasteiger partial charge < -0.3 is 14.2 Å². The van der Waals surface area contributed by atoms with Gasteiger partial charge in [0.05, 0.1) is 0 Å². The number of hydrogen-bond acceptors (Lipinski definition) is 6. The Kier molecular flexibility index (Phi) is 58.8. The first kappa shape index (κ1) is 70.3. The minimum atomic E-state index is -0.793. The summed E-state index contributed by atoms with van der Waals surface area (Å²) in [5.41, 5.74) is 0. The maximum atomic E-state index is 12.9. The van der Waals surface area contributed by atoms with Gasteiger partial charge in [0, 0.05) is 19.3 Å². The Balaban J connectivity index is 4.22.